The highest BCUT2D eigenvalue weighted by atomic mass is 35.5. The van der Waals surface area contributed by atoms with Crippen LogP contribution in [-0.4, -0.2) is 62.7 Å². The lowest BCUT2D eigenvalue weighted by Gasteiger charge is -2.38. The number of amides is 3. The molecule has 0 unspecified atom stereocenters. The molecule has 36 heavy (non-hydrogen) atoms. The predicted molar refractivity (Wildman–Crippen MR) is 145 cm³/mol. The van der Waals surface area contributed by atoms with Crippen molar-refractivity contribution in [3.63, 3.8) is 0 Å². The molecule has 1 aliphatic heterocycles. The van der Waals surface area contributed by atoms with Gasteiger partial charge in [-0.3, -0.25) is 4.79 Å². The van der Waals surface area contributed by atoms with Gasteiger partial charge < -0.3 is 25.6 Å². The molecule has 0 radical (unpaired) electrons. The van der Waals surface area contributed by atoms with Crippen LogP contribution < -0.4 is 16.0 Å². The summed E-state index contributed by atoms with van der Waals surface area (Å²) in [6.45, 7) is 5.01. The second-order valence-corrected chi connectivity index (χ2v) is 10.8. The van der Waals surface area contributed by atoms with Crippen molar-refractivity contribution in [3.05, 3.63) is 34.9 Å². The summed E-state index contributed by atoms with van der Waals surface area (Å²) in [7, 11) is 1.95. The van der Waals surface area contributed by atoms with Gasteiger partial charge in [-0.15, -0.1) is 0 Å². The van der Waals surface area contributed by atoms with Gasteiger partial charge in [-0.1, -0.05) is 55.8 Å². The van der Waals surface area contributed by atoms with Gasteiger partial charge in [0.25, 0.3) is 0 Å². The highest BCUT2D eigenvalue weighted by molar-refractivity contribution is 6.30. The zero-order chi connectivity index (χ0) is 25.8. The molecule has 2 aliphatic rings. The van der Waals surface area contributed by atoms with Crippen LogP contribution in [0.2, 0.25) is 5.02 Å². The van der Waals surface area contributed by atoms with Gasteiger partial charge in [0.1, 0.15) is 0 Å². The van der Waals surface area contributed by atoms with Crippen molar-refractivity contribution in [2.24, 2.45) is 11.8 Å². The monoisotopic (exact) mass is 520 g/mol. The van der Waals surface area contributed by atoms with Gasteiger partial charge in [0.2, 0.25) is 5.91 Å². The SMILES string of the molecule is CCNC(=O)CCO[C@@H](c1cccc(Cl)c1)[C@@H]1CCCN(C(=O)N[C@H](CNC)CC2CCCCC2)C1. The van der Waals surface area contributed by atoms with Crippen LogP contribution in [0.1, 0.15) is 76.4 Å². The molecule has 8 heteroatoms. The number of carbonyl (C=O) groups excluding carboxylic acids is 2. The normalized spacial score (nSPS) is 20.5. The molecular formula is C28H45ClN4O3. The molecule has 0 spiro atoms. The van der Waals surface area contributed by atoms with Gasteiger partial charge in [-0.25, -0.2) is 4.79 Å². The lowest BCUT2D eigenvalue weighted by atomic mass is 9.85. The second-order valence-electron chi connectivity index (χ2n) is 10.3. The molecule has 2 fully saturated rings. The van der Waals surface area contributed by atoms with Crippen molar-refractivity contribution in [2.75, 3.05) is 39.8 Å². The lowest BCUT2D eigenvalue weighted by molar-refractivity contribution is -0.123. The van der Waals surface area contributed by atoms with Crippen molar-refractivity contribution >= 4 is 23.5 Å². The molecule has 1 aromatic carbocycles. The number of nitrogens with one attached hydrogen (secondary N) is 3. The molecule has 0 aromatic heterocycles. The molecule has 202 valence electrons. The Morgan fingerprint density at radius 2 is 1.97 bits per heavy atom. The van der Waals surface area contributed by atoms with Crippen LogP contribution in [0.4, 0.5) is 4.79 Å². The minimum absolute atomic E-state index is 0.0134. The van der Waals surface area contributed by atoms with Gasteiger partial charge >= 0.3 is 6.03 Å². The summed E-state index contributed by atoms with van der Waals surface area (Å²) in [5, 5.41) is 10.1. The van der Waals surface area contributed by atoms with Crippen LogP contribution in [0.25, 0.3) is 0 Å². The Balaban J connectivity index is 1.63. The van der Waals surface area contributed by atoms with E-state index in [2.05, 4.69) is 16.0 Å². The van der Waals surface area contributed by atoms with Crippen molar-refractivity contribution in [3.8, 4) is 0 Å². The predicted octanol–water partition coefficient (Wildman–Crippen LogP) is 4.90. The minimum Gasteiger partial charge on any atom is -0.373 e. The van der Waals surface area contributed by atoms with Crippen LogP contribution in [0.3, 0.4) is 0 Å². The molecular weight excluding hydrogens is 476 g/mol. The van der Waals surface area contributed by atoms with Crippen molar-refractivity contribution in [2.45, 2.75) is 76.9 Å². The highest BCUT2D eigenvalue weighted by Crippen LogP contribution is 2.34. The fourth-order valence-corrected chi connectivity index (χ4v) is 5.92. The molecule has 1 aromatic rings. The molecule has 0 bridgehead atoms. The number of urea groups is 1. The molecule has 3 amide bonds. The maximum atomic E-state index is 13.3. The molecule has 3 rings (SSSR count). The topological polar surface area (TPSA) is 82.7 Å². The molecule has 3 N–H and O–H groups in total. The Hall–Kier alpha value is -1.83. The number of piperidine rings is 1. The Morgan fingerprint density at radius 3 is 2.69 bits per heavy atom. The summed E-state index contributed by atoms with van der Waals surface area (Å²) in [5.74, 6) is 0.829. The van der Waals surface area contributed by atoms with Crippen LogP contribution in [-0.2, 0) is 9.53 Å². The van der Waals surface area contributed by atoms with E-state index in [4.69, 9.17) is 16.3 Å². The zero-order valence-corrected chi connectivity index (χ0v) is 22.8. The smallest absolute Gasteiger partial charge is 0.317 e. The average molecular weight is 521 g/mol. The third-order valence-corrected chi connectivity index (χ3v) is 7.71. The Labute approximate surface area is 222 Å². The first kappa shape index (κ1) is 28.7. The van der Waals surface area contributed by atoms with Gasteiger partial charge in [0.05, 0.1) is 12.7 Å². The van der Waals surface area contributed by atoms with Gasteiger partial charge in [-0.05, 0) is 56.8 Å². The maximum Gasteiger partial charge on any atom is 0.317 e. The second kappa shape index (κ2) is 15.4. The summed E-state index contributed by atoms with van der Waals surface area (Å²) in [4.78, 5) is 27.2. The van der Waals surface area contributed by atoms with Crippen molar-refractivity contribution in [1.29, 1.82) is 0 Å². The van der Waals surface area contributed by atoms with E-state index < -0.39 is 0 Å². The largest absolute Gasteiger partial charge is 0.373 e. The quantitative estimate of drug-likeness (QED) is 0.366. The summed E-state index contributed by atoms with van der Waals surface area (Å²) in [5.41, 5.74) is 0.996. The lowest BCUT2D eigenvalue weighted by Crippen LogP contribution is -2.52. The van der Waals surface area contributed by atoms with E-state index in [0.717, 1.165) is 37.9 Å². The van der Waals surface area contributed by atoms with Crippen LogP contribution in [0.15, 0.2) is 24.3 Å². The van der Waals surface area contributed by atoms with Crippen molar-refractivity contribution in [1.82, 2.24) is 20.9 Å². The maximum absolute atomic E-state index is 13.3. The van der Waals surface area contributed by atoms with E-state index in [1.54, 1.807) is 0 Å². The van der Waals surface area contributed by atoms with Crippen LogP contribution >= 0.6 is 11.6 Å². The first-order chi connectivity index (χ1) is 17.5. The van der Waals surface area contributed by atoms with E-state index in [9.17, 15) is 9.59 Å². The number of likely N-dealkylation sites (N-methyl/N-ethyl adjacent to an activating group) is 1. The van der Waals surface area contributed by atoms with Gasteiger partial charge in [0, 0.05) is 49.6 Å². The number of benzene rings is 1. The summed E-state index contributed by atoms with van der Waals surface area (Å²) in [6.07, 6.45) is 9.53. The van der Waals surface area contributed by atoms with E-state index in [0.29, 0.717) is 37.1 Å². The number of likely N-dealkylation sites (tertiary alicyclic amines) is 1. The number of nitrogens with zero attached hydrogens (tertiary/aromatic N) is 1. The van der Waals surface area contributed by atoms with Crippen LogP contribution in [0.5, 0.6) is 0 Å². The zero-order valence-electron chi connectivity index (χ0n) is 22.1. The summed E-state index contributed by atoms with van der Waals surface area (Å²) in [6, 6.07) is 7.90. The minimum atomic E-state index is -0.218. The third kappa shape index (κ3) is 9.24. The highest BCUT2D eigenvalue weighted by Gasteiger charge is 2.32. The summed E-state index contributed by atoms with van der Waals surface area (Å²) >= 11 is 6.30. The molecule has 1 aliphatic carbocycles. The van der Waals surface area contributed by atoms with E-state index in [-0.39, 0.29) is 30.0 Å². The Kier molecular flexibility index (Phi) is 12.3. The van der Waals surface area contributed by atoms with E-state index in [1.807, 2.05) is 43.1 Å². The third-order valence-electron chi connectivity index (χ3n) is 7.47. The van der Waals surface area contributed by atoms with Gasteiger partial charge in [-0.2, -0.15) is 0 Å². The fraction of sp³-hybridized carbons (Fsp3) is 0.714. The number of hydrogen-bond acceptors (Lipinski definition) is 4. The Bertz CT molecular complexity index is 818. The molecule has 1 saturated carbocycles. The fourth-order valence-electron chi connectivity index (χ4n) is 5.72. The van der Waals surface area contributed by atoms with Crippen LogP contribution in [0, 0.1) is 11.8 Å². The number of carbonyl (C=O) groups is 2. The Morgan fingerprint density at radius 1 is 1.17 bits per heavy atom. The standard InChI is InChI=1S/C28H45ClN4O3/c1-3-31-26(34)14-16-36-27(22-11-7-13-24(29)18-22)23-12-8-15-33(20-23)28(35)32-25(19-30-2)17-21-9-5-4-6-10-21/h7,11,13,18,21,23,25,27,30H,3-6,8-10,12,14-17,19-20H2,1-2H3,(H,31,34)(H,32,35)/t23-,25+,27+/m1/s1. The summed E-state index contributed by atoms with van der Waals surface area (Å²) < 4.78 is 6.30. The van der Waals surface area contributed by atoms with E-state index in [1.165, 1.54) is 32.1 Å². The number of rotatable bonds is 12. The molecule has 1 heterocycles. The molecule has 7 nitrogen and oxygen atoms in total. The first-order valence-electron chi connectivity index (χ1n) is 13.8. The van der Waals surface area contributed by atoms with E-state index >= 15 is 0 Å². The van der Waals surface area contributed by atoms with Gasteiger partial charge in [0.15, 0.2) is 0 Å². The number of ether oxygens (including phenoxy) is 1. The number of halogens is 1. The average Bonchev–Trinajstić information content (AvgIpc) is 2.87. The molecule has 1 saturated heterocycles. The number of hydrogen-bond donors (Lipinski definition) is 3. The van der Waals surface area contributed by atoms with Crippen molar-refractivity contribution < 1.29 is 14.3 Å². The molecule has 3 atom stereocenters. The first-order valence-corrected chi connectivity index (χ1v) is 14.2.